The van der Waals surface area contributed by atoms with E-state index in [0.717, 1.165) is 27.8 Å². The minimum Gasteiger partial charge on any atom is -0.490 e. The van der Waals surface area contributed by atoms with E-state index in [1.165, 1.54) is 0 Å². The van der Waals surface area contributed by atoms with Crippen molar-refractivity contribution in [2.75, 3.05) is 32.0 Å². The van der Waals surface area contributed by atoms with Gasteiger partial charge in [0, 0.05) is 23.5 Å². The van der Waals surface area contributed by atoms with E-state index in [0.29, 0.717) is 18.8 Å². The molecule has 14 nitrogen and oxygen atoms in total. The van der Waals surface area contributed by atoms with E-state index in [1.54, 1.807) is 19.2 Å². The molecule has 0 spiro atoms. The molecule has 1 saturated heterocycles. The molecule has 2 aliphatic heterocycles. The minimum absolute atomic E-state index is 0.0204. The number of hydrogen-bond acceptors (Lipinski definition) is 14. The van der Waals surface area contributed by atoms with Crippen molar-refractivity contribution in [1.82, 2.24) is 20.7 Å². The van der Waals surface area contributed by atoms with E-state index in [1.807, 2.05) is 24.3 Å². The van der Waals surface area contributed by atoms with Crippen molar-refractivity contribution in [3.05, 3.63) is 40.9 Å². The van der Waals surface area contributed by atoms with E-state index < -0.39 is 23.4 Å². The van der Waals surface area contributed by atoms with Crippen molar-refractivity contribution in [1.29, 1.82) is 0 Å². The first-order valence-corrected chi connectivity index (χ1v) is 13.1. The summed E-state index contributed by atoms with van der Waals surface area (Å²) in [6, 6.07) is 6.51. The number of amidine groups is 1. The second-order valence-electron chi connectivity index (χ2n) is 8.89. The first kappa shape index (κ1) is 27.6. The molecule has 1 aromatic heterocycles. The maximum absolute atomic E-state index is 13.0. The average molecular weight is 565 g/mol. The van der Waals surface area contributed by atoms with Crippen molar-refractivity contribution in [2.24, 2.45) is 15.9 Å². The maximum Gasteiger partial charge on any atom is 0.276 e. The first-order chi connectivity index (χ1) is 18.2. The number of rotatable bonds is 11. The molecule has 0 bridgehead atoms. The molecule has 1 fully saturated rings. The third kappa shape index (κ3) is 6.16. The number of benzene rings is 1. The van der Waals surface area contributed by atoms with Gasteiger partial charge in [0.2, 0.25) is 0 Å². The second kappa shape index (κ2) is 12.0. The fourth-order valence-corrected chi connectivity index (χ4v) is 4.61. The molecule has 1 unspecified atom stereocenters. The summed E-state index contributed by atoms with van der Waals surface area (Å²) in [5, 5.41) is 12.5. The Hall–Kier alpha value is -3.44. The second-order valence-corrected chi connectivity index (χ2v) is 10.1. The number of amides is 2. The van der Waals surface area contributed by atoms with Crippen molar-refractivity contribution in [3.8, 4) is 5.75 Å². The number of thiazole rings is 1. The summed E-state index contributed by atoms with van der Waals surface area (Å²) in [6.45, 7) is 4.78. The van der Waals surface area contributed by atoms with Gasteiger partial charge in [0.25, 0.3) is 11.8 Å². The van der Waals surface area contributed by atoms with Gasteiger partial charge in [0.1, 0.15) is 29.9 Å². The van der Waals surface area contributed by atoms with E-state index in [-0.39, 0.29) is 48.1 Å². The summed E-state index contributed by atoms with van der Waals surface area (Å²) >= 11 is 1.17. The fourth-order valence-electron chi connectivity index (χ4n) is 3.73. The van der Waals surface area contributed by atoms with Crippen LogP contribution in [0.25, 0.3) is 0 Å². The van der Waals surface area contributed by atoms with Crippen LogP contribution in [-0.2, 0) is 18.7 Å². The van der Waals surface area contributed by atoms with Gasteiger partial charge in [0.05, 0.1) is 12.1 Å². The summed E-state index contributed by atoms with van der Waals surface area (Å²) in [5.74, 6) is 0.203. The number of carbonyl (C=O) groups is 2. The Bertz CT molecular complexity index is 1220. The van der Waals surface area contributed by atoms with Crippen LogP contribution in [0.1, 0.15) is 25.1 Å². The number of nitrogens with two attached hydrogens (primary N) is 2. The van der Waals surface area contributed by atoms with Crippen molar-refractivity contribution >= 4 is 52.2 Å². The van der Waals surface area contributed by atoms with Gasteiger partial charge >= 0.3 is 0 Å². The quantitative estimate of drug-likeness (QED) is 0.0830. The number of carbonyl (C=O) groups excluding carboxylic acids is 2. The zero-order chi connectivity index (χ0) is 27.3. The number of nitrogens with one attached hydrogen (secondary N) is 2. The van der Waals surface area contributed by atoms with Crippen LogP contribution in [0.3, 0.4) is 0 Å². The van der Waals surface area contributed by atoms with E-state index in [4.69, 9.17) is 29.9 Å². The lowest BCUT2D eigenvalue weighted by atomic mass is 9.84. The summed E-state index contributed by atoms with van der Waals surface area (Å²) < 4.78 is 19.4. The lowest BCUT2D eigenvalue weighted by Crippen LogP contribution is -2.76. The first-order valence-electron chi connectivity index (χ1n) is 11.5. The van der Waals surface area contributed by atoms with E-state index >= 15 is 0 Å². The van der Waals surface area contributed by atoms with Crippen LogP contribution in [0.5, 0.6) is 5.75 Å². The number of β-lactam (4-membered cyclic amide) rings is 1. The maximum atomic E-state index is 13.0. The average Bonchev–Trinajstić information content (AvgIpc) is 3.34. The predicted octanol–water partition coefficient (Wildman–Crippen LogP) is 0.361. The van der Waals surface area contributed by atoms with Crippen LogP contribution < -0.4 is 26.8 Å². The van der Waals surface area contributed by atoms with Crippen LogP contribution in [0.2, 0.25) is 0 Å². The van der Waals surface area contributed by atoms with Gasteiger partial charge in [-0.15, -0.1) is 11.3 Å². The topological polar surface area (TPSA) is 199 Å². The highest BCUT2D eigenvalue weighted by molar-refractivity contribution is 7.88. The summed E-state index contributed by atoms with van der Waals surface area (Å²) in [6.07, 6.45) is 0. The number of aliphatic imine (C=N–C) groups is 1. The fraction of sp³-hybridized carbons (Fsp3) is 0.409. The zero-order valence-electron chi connectivity index (χ0n) is 20.6. The van der Waals surface area contributed by atoms with Crippen molar-refractivity contribution < 1.29 is 28.0 Å². The van der Waals surface area contributed by atoms with Gasteiger partial charge in [0.15, 0.2) is 29.8 Å². The number of aromatic nitrogens is 1. The number of hydroxylamine groups is 2. The Labute approximate surface area is 226 Å². The van der Waals surface area contributed by atoms with Gasteiger partial charge in [-0.1, -0.05) is 5.16 Å². The van der Waals surface area contributed by atoms with Gasteiger partial charge in [-0.2, -0.15) is 9.35 Å². The molecule has 3 heterocycles. The highest BCUT2D eigenvalue weighted by Gasteiger charge is 2.57. The molecule has 1 aromatic carbocycles. The Morgan fingerprint density at radius 2 is 2.13 bits per heavy atom. The predicted molar refractivity (Wildman–Crippen MR) is 142 cm³/mol. The van der Waals surface area contributed by atoms with Crippen LogP contribution in [0.4, 0.5) is 5.13 Å². The summed E-state index contributed by atoms with van der Waals surface area (Å²) in [5.41, 5.74) is 11.6. The molecule has 2 amide bonds. The number of anilines is 1. The van der Waals surface area contributed by atoms with Crippen molar-refractivity contribution in [3.63, 3.8) is 0 Å². The molecule has 38 heavy (non-hydrogen) atoms. The third-order valence-corrected chi connectivity index (χ3v) is 6.67. The largest absolute Gasteiger partial charge is 0.490 e. The molecule has 0 saturated carbocycles. The van der Waals surface area contributed by atoms with Crippen LogP contribution in [-0.4, -0.2) is 81.9 Å². The molecule has 2 aromatic rings. The lowest BCUT2D eigenvalue weighted by Gasteiger charge is -2.50. The van der Waals surface area contributed by atoms with E-state index in [9.17, 15) is 9.59 Å². The monoisotopic (exact) mass is 564 g/mol. The normalized spacial score (nSPS) is 20.7. The number of ether oxygens (including phenoxy) is 1. The van der Waals surface area contributed by atoms with Crippen molar-refractivity contribution in [2.45, 2.75) is 31.5 Å². The number of oxime groups is 1. The lowest BCUT2D eigenvalue weighted by molar-refractivity contribution is -0.214. The molecule has 2 aliphatic rings. The number of nitrogens with zero attached hydrogens (tertiary/aromatic N) is 4. The summed E-state index contributed by atoms with van der Waals surface area (Å²) in [4.78, 5) is 39.2. The zero-order valence-corrected chi connectivity index (χ0v) is 22.3. The van der Waals surface area contributed by atoms with Gasteiger partial charge in [-0.05, 0) is 38.1 Å². The molecular weight excluding hydrogens is 536 g/mol. The Kier molecular flexibility index (Phi) is 8.68. The van der Waals surface area contributed by atoms with E-state index in [2.05, 4.69) is 25.8 Å². The third-order valence-electron chi connectivity index (χ3n) is 5.78. The SMILES string of the molecule is CC1(C)[C@H](NC(=O)/C(=N\OCCOc2ccc(C3=NCC(N)CN3)cc2)c2csc(N)n2)C(=O)N1OSO. The van der Waals surface area contributed by atoms with Gasteiger partial charge in [-0.3, -0.25) is 14.6 Å². The molecule has 2 atom stereocenters. The summed E-state index contributed by atoms with van der Waals surface area (Å²) in [7, 11) is 0. The Morgan fingerprint density at radius 3 is 2.74 bits per heavy atom. The van der Waals surface area contributed by atoms with Gasteiger partial charge < -0.3 is 36.2 Å². The number of nitrogen functional groups attached to an aromatic ring is 1. The van der Waals surface area contributed by atoms with Crippen LogP contribution >= 0.6 is 23.7 Å². The Morgan fingerprint density at radius 1 is 1.37 bits per heavy atom. The molecule has 0 aliphatic carbocycles. The smallest absolute Gasteiger partial charge is 0.276 e. The molecular formula is C22H28N8O6S2. The van der Waals surface area contributed by atoms with Crippen LogP contribution in [0.15, 0.2) is 39.8 Å². The molecule has 7 N–H and O–H groups in total. The highest BCUT2D eigenvalue weighted by atomic mass is 32.2. The molecule has 0 radical (unpaired) electrons. The molecule has 16 heteroatoms. The molecule has 4 rings (SSSR count). The minimum atomic E-state index is -0.916. The molecule has 204 valence electrons. The highest BCUT2D eigenvalue weighted by Crippen LogP contribution is 2.33. The van der Waals surface area contributed by atoms with Crippen LogP contribution in [0, 0.1) is 0 Å². The van der Waals surface area contributed by atoms with Gasteiger partial charge in [-0.25, -0.2) is 4.98 Å². The Balaban J connectivity index is 1.33. The standard InChI is InChI=1S/C22H28N8O6S2/c1-22(2)17(20(32)30(22)36-38-33)28-19(31)16(15-11-37-21(24)27-15)29-35-8-7-34-14-5-3-12(4-6-14)18-25-9-13(23)10-26-18/h3-6,11,13,17,33H,7-10,23H2,1-2H3,(H2,24,27)(H,25,26)(H,28,31)/b29-16-/t17-/m1/s1. The number of hydrogen-bond donors (Lipinski definition) is 5.